The van der Waals surface area contributed by atoms with Crippen LogP contribution in [-0.4, -0.2) is 72.1 Å². The number of nitrogens with zero attached hydrogens (tertiary/aromatic N) is 2. The second-order valence-corrected chi connectivity index (χ2v) is 9.67. The normalized spacial score (nSPS) is 18.4. The number of H-pyrrole nitrogens is 1. The van der Waals surface area contributed by atoms with Crippen LogP contribution in [0.1, 0.15) is 52.5 Å². The lowest BCUT2D eigenvalue weighted by molar-refractivity contribution is 0.0243. The number of hydrogen-bond acceptors (Lipinski definition) is 5. The number of carboxylic acid groups (broad SMARTS) is 1. The maximum Gasteiger partial charge on any atom is 0.337 e. The van der Waals surface area contributed by atoms with Crippen molar-refractivity contribution in [1.29, 1.82) is 0 Å². The highest BCUT2D eigenvalue weighted by molar-refractivity contribution is 5.95. The summed E-state index contributed by atoms with van der Waals surface area (Å²) in [6, 6.07) is 7.46. The Kier molecular flexibility index (Phi) is 8.04. The summed E-state index contributed by atoms with van der Waals surface area (Å²) in [4.78, 5) is 19.3. The van der Waals surface area contributed by atoms with Crippen LogP contribution in [0.5, 0.6) is 5.75 Å². The number of aromatic nitrogens is 1. The number of hydrogen-bond donors (Lipinski definition) is 3. The second-order valence-electron chi connectivity index (χ2n) is 9.67. The number of benzene rings is 2. The largest absolute Gasteiger partial charge is 0.496 e. The van der Waals surface area contributed by atoms with Gasteiger partial charge >= 0.3 is 5.97 Å². The van der Waals surface area contributed by atoms with E-state index in [0.717, 1.165) is 51.7 Å². The molecule has 0 amide bonds. The highest BCUT2D eigenvalue weighted by atomic mass is 19.3. The fraction of sp³-hybridized carbons (Fsp3) is 0.464. The van der Waals surface area contributed by atoms with Crippen LogP contribution in [0.3, 0.4) is 0 Å². The number of piperazine rings is 1. The number of carboxylic acids is 1. The van der Waals surface area contributed by atoms with Gasteiger partial charge in [-0.3, -0.25) is 9.80 Å². The van der Waals surface area contributed by atoms with Crippen LogP contribution >= 0.6 is 0 Å². The van der Waals surface area contributed by atoms with Gasteiger partial charge < -0.3 is 20.1 Å². The van der Waals surface area contributed by atoms with Crippen molar-refractivity contribution in [1.82, 2.24) is 14.8 Å². The van der Waals surface area contributed by atoms with Gasteiger partial charge in [-0.2, -0.15) is 0 Å². The maximum atomic E-state index is 13.3. The van der Waals surface area contributed by atoms with Gasteiger partial charge in [0, 0.05) is 61.4 Å². The summed E-state index contributed by atoms with van der Waals surface area (Å²) in [5.41, 5.74) is 6.13. The molecule has 2 aromatic carbocycles. The van der Waals surface area contributed by atoms with E-state index < -0.39 is 12.4 Å². The van der Waals surface area contributed by atoms with Crippen molar-refractivity contribution in [2.24, 2.45) is 0 Å². The Labute approximate surface area is 216 Å². The zero-order valence-corrected chi connectivity index (χ0v) is 20.6. The number of halogens is 2. The molecule has 1 saturated heterocycles. The molecule has 0 unspecified atom stereocenters. The van der Waals surface area contributed by atoms with E-state index in [1.165, 1.54) is 0 Å². The summed E-state index contributed by atoms with van der Waals surface area (Å²) >= 11 is 0. The van der Waals surface area contributed by atoms with Gasteiger partial charge in [-0.1, -0.05) is 13.5 Å². The van der Waals surface area contributed by atoms with Gasteiger partial charge in [0.05, 0.1) is 24.9 Å². The average Bonchev–Trinajstić information content (AvgIpc) is 3.36. The molecule has 0 radical (unpaired) electrons. The summed E-state index contributed by atoms with van der Waals surface area (Å²) in [6.07, 6.45) is 1.17. The SMILES string of the molecule is C.COc1cc(C)c2[nH]ccc2c1CN1CCN(CC(F)F)C[C@@H]1c1ccc(C(=O)O)c2c1CCCN2. The zero-order valence-electron chi connectivity index (χ0n) is 20.6. The highest BCUT2D eigenvalue weighted by Crippen LogP contribution is 2.39. The zero-order chi connectivity index (χ0) is 25.4. The lowest BCUT2D eigenvalue weighted by Gasteiger charge is -2.43. The maximum absolute atomic E-state index is 13.3. The first-order chi connectivity index (χ1) is 17.4. The first-order valence-corrected chi connectivity index (χ1v) is 12.4. The van der Waals surface area contributed by atoms with E-state index in [0.29, 0.717) is 38.4 Å². The van der Waals surface area contributed by atoms with Crippen molar-refractivity contribution in [3.63, 3.8) is 0 Å². The number of nitrogens with one attached hydrogen (secondary N) is 2. The summed E-state index contributed by atoms with van der Waals surface area (Å²) in [7, 11) is 1.67. The molecule has 1 atom stereocenters. The van der Waals surface area contributed by atoms with Crippen molar-refractivity contribution in [3.05, 3.63) is 58.3 Å². The summed E-state index contributed by atoms with van der Waals surface area (Å²) < 4.78 is 32.4. The van der Waals surface area contributed by atoms with Crippen molar-refractivity contribution in [2.45, 2.75) is 46.2 Å². The predicted octanol–water partition coefficient (Wildman–Crippen LogP) is 5.30. The van der Waals surface area contributed by atoms with E-state index in [4.69, 9.17) is 4.74 Å². The molecule has 5 rings (SSSR count). The summed E-state index contributed by atoms with van der Waals surface area (Å²) in [5, 5.41) is 14.1. The molecule has 0 spiro atoms. The molecule has 9 heteroatoms. The number of aryl methyl sites for hydroxylation is 1. The number of methoxy groups -OCH3 is 1. The Morgan fingerprint density at radius 2 is 2.08 bits per heavy atom. The molecule has 0 aliphatic carbocycles. The molecule has 3 N–H and O–H groups in total. The predicted molar refractivity (Wildman–Crippen MR) is 142 cm³/mol. The Balaban J connectivity index is 0.00000320. The van der Waals surface area contributed by atoms with Gasteiger partial charge in [-0.05, 0) is 54.7 Å². The number of fused-ring (bicyclic) bond motifs is 2. The molecule has 2 aliphatic rings. The lowest BCUT2D eigenvalue weighted by Crippen LogP contribution is -2.49. The van der Waals surface area contributed by atoms with Gasteiger partial charge in [-0.25, -0.2) is 13.6 Å². The number of anilines is 1. The molecule has 3 aromatic rings. The number of aromatic amines is 1. The smallest absolute Gasteiger partial charge is 0.337 e. The molecule has 7 nitrogen and oxygen atoms in total. The first kappa shape index (κ1) is 26.9. The fourth-order valence-corrected chi connectivity index (χ4v) is 5.81. The molecule has 37 heavy (non-hydrogen) atoms. The van der Waals surface area contributed by atoms with Crippen molar-refractivity contribution in [3.8, 4) is 5.75 Å². The van der Waals surface area contributed by atoms with Crippen LogP contribution in [0.2, 0.25) is 0 Å². The monoisotopic (exact) mass is 514 g/mol. The van der Waals surface area contributed by atoms with E-state index in [1.54, 1.807) is 13.2 Å². The van der Waals surface area contributed by atoms with E-state index in [-0.39, 0.29) is 25.6 Å². The van der Waals surface area contributed by atoms with Crippen LogP contribution < -0.4 is 10.1 Å². The number of alkyl halides is 2. The van der Waals surface area contributed by atoms with Crippen LogP contribution in [-0.2, 0) is 13.0 Å². The molecule has 200 valence electrons. The minimum atomic E-state index is -2.40. The molecular weight excluding hydrogens is 478 g/mol. The summed E-state index contributed by atoms with van der Waals surface area (Å²) in [6.45, 7) is 4.69. The number of aromatic carboxylic acids is 1. The van der Waals surface area contributed by atoms with Crippen LogP contribution in [0, 0.1) is 6.92 Å². The number of carbonyl (C=O) groups is 1. The molecule has 1 fully saturated rings. The van der Waals surface area contributed by atoms with Crippen molar-refractivity contribution >= 4 is 22.6 Å². The van der Waals surface area contributed by atoms with Gasteiger partial charge in [0.25, 0.3) is 6.43 Å². The molecule has 1 aromatic heterocycles. The Hall–Kier alpha value is -3.17. The molecule has 0 bridgehead atoms. The quantitative estimate of drug-likeness (QED) is 0.397. The Morgan fingerprint density at radius 3 is 2.81 bits per heavy atom. The summed E-state index contributed by atoms with van der Waals surface area (Å²) in [5.74, 6) is -0.162. The second kappa shape index (κ2) is 11.1. The van der Waals surface area contributed by atoms with Crippen molar-refractivity contribution < 1.29 is 23.4 Å². The van der Waals surface area contributed by atoms with Crippen molar-refractivity contribution in [2.75, 3.05) is 45.2 Å². The number of rotatable bonds is 7. The van der Waals surface area contributed by atoms with Crippen LogP contribution in [0.4, 0.5) is 14.5 Å². The molecule has 3 heterocycles. The highest BCUT2D eigenvalue weighted by Gasteiger charge is 2.34. The third kappa shape index (κ3) is 5.15. The standard InChI is InChI=1S/C27H32F2N4O3.CH4/c1-16-12-23(36-2)21(19-7-9-31-25(16)19)13-33-11-10-32(15-24(28)29)14-22(33)17-5-6-20(27(34)35)26-18(17)4-3-8-30-26;/h5-7,9,12,22,24,30-31H,3-4,8,10-11,13-15H2,1-2H3,(H,34,35);1H4/t22-;/m1./s1. The van der Waals surface area contributed by atoms with Crippen LogP contribution in [0.25, 0.3) is 10.9 Å². The van der Waals surface area contributed by atoms with Gasteiger partial charge in [0.2, 0.25) is 0 Å². The minimum Gasteiger partial charge on any atom is -0.496 e. The molecular formula is C28H36F2N4O3. The molecule has 2 aliphatic heterocycles. The average molecular weight is 515 g/mol. The minimum absolute atomic E-state index is 0. The molecule has 0 saturated carbocycles. The first-order valence-electron chi connectivity index (χ1n) is 12.4. The topological polar surface area (TPSA) is 80.8 Å². The Bertz CT molecular complexity index is 1280. The van der Waals surface area contributed by atoms with Gasteiger partial charge in [0.1, 0.15) is 5.75 Å². The van der Waals surface area contributed by atoms with Crippen LogP contribution in [0.15, 0.2) is 30.5 Å². The van der Waals surface area contributed by atoms with E-state index in [9.17, 15) is 18.7 Å². The van der Waals surface area contributed by atoms with Gasteiger partial charge in [-0.15, -0.1) is 0 Å². The third-order valence-electron chi connectivity index (χ3n) is 7.51. The lowest BCUT2D eigenvalue weighted by atomic mass is 9.88. The van der Waals surface area contributed by atoms with E-state index in [2.05, 4.69) is 21.3 Å². The number of ether oxygens (including phenoxy) is 1. The third-order valence-corrected chi connectivity index (χ3v) is 7.51. The van der Waals surface area contributed by atoms with Gasteiger partial charge in [0.15, 0.2) is 0 Å². The Morgan fingerprint density at radius 1 is 1.27 bits per heavy atom. The van der Waals surface area contributed by atoms with E-state index in [1.807, 2.05) is 30.2 Å². The van der Waals surface area contributed by atoms with E-state index >= 15 is 0 Å². The fourth-order valence-electron chi connectivity index (χ4n) is 5.81.